The third-order valence-electron chi connectivity index (χ3n) is 5.39. The van der Waals surface area contributed by atoms with Crippen LogP contribution < -0.4 is 4.57 Å². The Labute approximate surface area is 149 Å². The summed E-state index contributed by atoms with van der Waals surface area (Å²) in [5.74, 6) is -0.406. The fraction of sp³-hybridized carbons (Fsp3) is 0.522. The first-order chi connectivity index (χ1) is 11.7. The highest BCUT2D eigenvalue weighted by Gasteiger charge is 2.22. The van der Waals surface area contributed by atoms with E-state index in [4.69, 9.17) is 1.37 Å². The van der Waals surface area contributed by atoms with Crippen LogP contribution in [-0.2, 0) is 12.5 Å². The number of nitrogens with zero attached hydrogens (tertiary/aromatic N) is 1. The molecule has 1 fully saturated rings. The predicted molar refractivity (Wildman–Crippen MR) is 102 cm³/mol. The highest BCUT2D eigenvalue weighted by molar-refractivity contribution is 5.63. The molecule has 1 aliphatic carbocycles. The Kier molecular flexibility index (Phi) is 4.43. The molecule has 0 radical (unpaired) electrons. The van der Waals surface area contributed by atoms with Crippen LogP contribution in [0.1, 0.15) is 76.8 Å². The van der Waals surface area contributed by atoms with Gasteiger partial charge >= 0.3 is 0 Å². The van der Waals surface area contributed by atoms with Crippen molar-refractivity contribution >= 4 is 0 Å². The number of hydrogen-bond donors (Lipinski definition) is 0. The Morgan fingerprint density at radius 2 is 1.75 bits per heavy atom. The summed E-state index contributed by atoms with van der Waals surface area (Å²) in [6.45, 7) is 8.97. The number of aryl methyl sites for hydroxylation is 2. The largest absolute Gasteiger partial charge is 0.212 e. The van der Waals surface area contributed by atoms with Gasteiger partial charge in [-0.3, -0.25) is 0 Å². The topological polar surface area (TPSA) is 3.88 Å². The second-order valence-electron chi connectivity index (χ2n) is 8.36. The summed E-state index contributed by atoms with van der Waals surface area (Å²) in [7, 11) is 2.11. The lowest BCUT2D eigenvalue weighted by atomic mass is 9.83. The van der Waals surface area contributed by atoms with Crippen LogP contribution in [0.5, 0.6) is 0 Å². The summed E-state index contributed by atoms with van der Waals surface area (Å²) < 4.78 is 11.2. The zero-order chi connectivity index (χ0) is 18.2. The minimum Gasteiger partial charge on any atom is -0.201 e. The van der Waals surface area contributed by atoms with E-state index in [0.29, 0.717) is 0 Å². The second-order valence-corrected chi connectivity index (χ2v) is 8.36. The zero-order valence-electron chi connectivity index (χ0n) is 16.9. The fourth-order valence-corrected chi connectivity index (χ4v) is 3.69. The second kappa shape index (κ2) is 6.70. The monoisotopic (exact) mass is 323 g/mol. The first-order valence-electron chi connectivity index (χ1n) is 9.82. The van der Waals surface area contributed by atoms with Crippen molar-refractivity contribution in [1.82, 2.24) is 0 Å². The third kappa shape index (κ3) is 3.55. The number of aromatic nitrogens is 1. The number of hydrogen-bond acceptors (Lipinski definition) is 0. The van der Waals surface area contributed by atoms with Crippen molar-refractivity contribution in [3.8, 4) is 11.3 Å². The molecule has 1 nitrogen and oxygen atoms in total. The maximum absolute atomic E-state index is 8.98. The first-order valence-corrected chi connectivity index (χ1v) is 9.32. The van der Waals surface area contributed by atoms with E-state index in [1.54, 1.807) is 0 Å². The van der Waals surface area contributed by atoms with Gasteiger partial charge in [0.25, 0.3) is 0 Å². The lowest BCUT2D eigenvalue weighted by Crippen LogP contribution is -2.31. The van der Waals surface area contributed by atoms with Gasteiger partial charge in [0.1, 0.15) is 7.05 Å². The SMILES string of the molecule is [2H]C1(c2cc[n+](C)c(-c3cc(C(C)(C)C)ccc3C)c2)CCCCC1. The standard InChI is InChI=1S/C23H32N/c1-17-11-12-20(23(2,3)4)16-21(17)22-15-19(13-14-24(22)5)18-9-7-6-8-10-18/h11-16,18H,6-10H2,1-5H3/q+1/i18D. The molecule has 0 N–H and O–H groups in total. The highest BCUT2D eigenvalue weighted by atomic mass is 14.9. The zero-order valence-corrected chi connectivity index (χ0v) is 15.9. The van der Waals surface area contributed by atoms with Gasteiger partial charge in [0.2, 0.25) is 5.69 Å². The van der Waals surface area contributed by atoms with Crippen molar-refractivity contribution in [3.63, 3.8) is 0 Å². The molecule has 0 atom stereocenters. The van der Waals surface area contributed by atoms with Gasteiger partial charge in [0.15, 0.2) is 6.20 Å². The molecule has 0 bridgehead atoms. The smallest absolute Gasteiger partial charge is 0.201 e. The Morgan fingerprint density at radius 1 is 1.04 bits per heavy atom. The minimum atomic E-state index is -0.406. The molecule has 0 unspecified atom stereocenters. The van der Waals surface area contributed by atoms with Crippen molar-refractivity contribution in [2.75, 3.05) is 0 Å². The van der Waals surface area contributed by atoms with Crippen LogP contribution in [0.2, 0.25) is 0 Å². The Hall–Kier alpha value is -1.63. The quantitative estimate of drug-likeness (QED) is 0.612. The van der Waals surface area contributed by atoms with Crippen LogP contribution >= 0.6 is 0 Å². The molecule has 1 saturated carbocycles. The van der Waals surface area contributed by atoms with Crippen molar-refractivity contribution in [1.29, 1.82) is 0 Å². The average molecular weight is 324 g/mol. The molecule has 24 heavy (non-hydrogen) atoms. The lowest BCUT2D eigenvalue weighted by Gasteiger charge is -2.22. The van der Waals surface area contributed by atoms with Gasteiger partial charge in [-0.15, -0.1) is 0 Å². The van der Waals surface area contributed by atoms with E-state index in [9.17, 15) is 0 Å². The maximum atomic E-state index is 8.98. The summed E-state index contributed by atoms with van der Waals surface area (Å²) in [6.07, 6.45) is 7.75. The van der Waals surface area contributed by atoms with Gasteiger partial charge in [-0.05, 0) is 53.8 Å². The van der Waals surface area contributed by atoms with Crippen LogP contribution in [0.25, 0.3) is 11.3 Å². The summed E-state index contributed by atoms with van der Waals surface area (Å²) in [4.78, 5) is 0. The van der Waals surface area contributed by atoms with E-state index in [2.05, 4.69) is 75.8 Å². The molecule has 3 rings (SSSR count). The number of pyridine rings is 1. The van der Waals surface area contributed by atoms with Gasteiger partial charge in [-0.2, -0.15) is 0 Å². The Bertz CT molecular complexity index is 764. The third-order valence-corrected chi connectivity index (χ3v) is 5.39. The Morgan fingerprint density at radius 3 is 2.42 bits per heavy atom. The molecule has 0 amide bonds. The van der Waals surface area contributed by atoms with Crippen molar-refractivity contribution in [2.24, 2.45) is 7.05 Å². The summed E-state index contributed by atoms with van der Waals surface area (Å²) in [6, 6.07) is 11.2. The number of benzene rings is 1. The van der Waals surface area contributed by atoms with E-state index in [0.717, 1.165) is 12.8 Å². The minimum absolute atomic E-state index is 0.138. The molecular formula is C23H32N+. The molecular weight excluding hydrogens is 290 g/mol. The van der Waals surface area contributed by atoms with E-state index in [-0.39, 0.29) is 5.41 Å². The summed E-state index contributed by atoms with van der Waals surface area (Å²) in [5, 5.41) is 0. The Balaban J connectivity index is 2.10. The molecule has 2 aromatic rings. The normalized spacial score (nSPS) is 18.3. The molecule has 0 saturated heterocycles. The lowest BCUT2D eigenvalue weighted by molar-refractivity contribution is -0.660. The molecule has 0 spiro atoms. The predicted octanol–water partition coefficient (Wildman–Crippen LogP) is 5.83. The molecule has 1 aromatic heterocycles. The van der Waals surface area contributed by atoms with Gasteiger partial charge in [-0.25, -0.2) is 4.57 Å². The van der Waals surface area contributed by atoms with Crippen molar-refractivity contribution < 1.29 is 5.94 Å². The van der Waals surface area contributed by atoms with Gasteiger partial charge < -0.3 is 0 Å². The molecule has 128 valence electrons. The molecule has 1 aliphatic rings. The van der Waals surface area contributed by atoms with Gasteiger partial charge in [0, 0.05) is 19.1 Å². The molecule has 1 heteroatoms. The maximum Gasteiger partial charge on any atom is 0.212 e. The molecule has 1 aromatic carbocycles. The van der Waals surface area contributed by atoms with Crippen LogP contribution in [0.15, 0.2) is 36.5 Å². The van der Waals surface area contributed by atoms with Gasteiger partial charge in [0.05, 0.1) is 0 Å². The number of rotatable bonds is 2. The first kappa shape index (κ1) is 15.9. The molecule has 0 aliphatic heterocycles. The average Bonchev–Trinajstić information content (AvgIpc) is 2.55. The van der Waals surface area contributed by atoms with E-state index in [1.165, 1.54) is 47.2 Å². The summed E-state index contributed by atoms with van der Waals surface area (Å²) >= 11 is 0. The van der Waals surface area contributed by atoms with Gasteiger partial charge in [-0.1, -0.05) is 52.2 Å². The van der Waals surface area contributed by atoms with Crippen LogP contribution in [-0.4, -0.2) is 0 Å². The van der Waals surface area contributed by atoms with Crippen LogP contribution in [0, 0.1) is 6.92 Å². The van der Waals surface area contributed by atoms with Crippen molar-refractivity contribution in [2.45, 2.75) is 71.1 Å². The molecule has 1 heterocycles. The summed E-state index contributed by atoms with van der Waals surface area (Å²) in [5.41, 5.74) is 6.48. The van der Waals surface area contributed by atoms with Crippen molar-refractivity contribution in [3.05, 3.63) is 53.2 Å². The van der Waals surface area contributed by atoms with E-state index < -0.39 is 5.89 Å². The van der Waals surface area contributed by atoms with E-state index >= 15 is 0 Å². The van der Waals surface area contributed by atoms with E-state index in [1.807, 2.05) is 0 Å². The highest BCUT2D eigenvalue weighted by Crippen LogP contribution is 2.34. The fourth-order valence-electron chi connectivity index (χ4n) is 3.69. The van der Waals surface area contributed by atoms with Crippen LogP contribution in [0.3, 0.4) is 0 Å². The van der Waals surface area contributed by atoms with Crippen LogP contribution in [0.4, 0.5) is 0 Å².